The SMILES string of the molecule is CC(C)[C@H](NC(=O)OCc1ccccc1)[C@@H](O)[C@H](O)CCc1ccccc1. The molecule has 0 aromatic heterocycles. The molecular formula is C22H29NO4. The van der Waals surface area contributed by atoms with Crippen molar-refractivity contribution >= 4 is 6.09 Å². The fraction of sp³-hybridized carbons (Fsp3) is 0.409. The first kappa shape index (κ1) is 20.9. The van der Waals surface area contributed by atoms with Crippen LogP contribution in [0.1, 0.15) is 31.4 Å². The molecule has 0 fully saturated rings. The molecule has 146 valence electrons. The lowest BCUT2D eigenvalue weighted by Gasteiger charge is -2.30. The minimum atomic E-state index is -1.07. The maximum absolute atomic E-state index is 12.1. The zero-order valence-electron chi connectivity index (χ0n) is 15.9. The Morgan fingerprint density at radius 1 is 0.963 bits per heavy atom. The molecule has 2 aromatic carbocycles. The molecule has 0 bridgehead atoms. The van der Waals surface area contributed by atoms with Gasteiger partial charge in [-0.05, 0) is 29.9 Å². The highest BCUT2D eigenvalue weighted by Crippen LogP contribution is 2.15. The van der Waals surface area contributed by atoms with Crippen LogP contribution in [-0.4, -0.2) is 34.6 Å². The summed E-state index contributed by atoms with van der Waals surface area (Å²) in [5.41, 5.74) is 1.98. The summed E-state index contributed by atoms with van der Waals surface area (Å²) in [6.45, 7) is 3.93. The predicted molar refractivity (Wildman–Crippen MR) is 105 cm³/mol. The number of aliphatic hydroxyl groups is 2. The van der Waals surface area contributed by atoms with E-state index in [4.69, 9.17) is 4.74 Å². The van der Waals surface area contributed by atoms with E-state index < -0.39 is 24.3 Å². The average molecular weight is 371 g/mol. The molecule has 0 aliphatic rings. The number of rotatable bonds is 9. The normalized spacial score (nSPS) is 14.4. The van der Waals surface area contributed by atoms with Crippen LogP contribution in [0.15, 0.2) is 60.7 Å². The van der Waals surface area contributed by atoms with E-state index >= 15 is 0 Å². The van der Waals surface area contributed by atoms with Gasteiger partial charge in [-0.3, -0.25) is 0 Å². The molecule has 3 N–H and O–H groups in total. The van der Waals surface area contributed by atoms with E-state index in [0.29, 0.717) is 12.8 Å². The summed E-state index contributed by atoms with van der Waals surface area (Å²) in [4.78, 5) is 12.1. The third-order valence-corrected chi connectivity index (χ3v) is 4.55. The summed E-state index contributed by atoms with van der Waals surface area (Å²) in [6, 6.07) is 18.6. The first-order chi connectivity index (χ1) is 13.0. The smallest absolute Gasteiger partial charge is 0.407 e. The Kier molecular flexibility index (Phi) is 8.30. The van der Waals surface area contributed by atoms with Gasteiger partial charge >= 0.3 is 6.09 Å². The predicted octanol–water partition coefficient (Wildman–Crippen LogP) is 3.29. The van der Waals surface area contributed by atoms with Crippen LogP contribution < -0.4 is 5.32 Å². The summed E-state index contributed by atoms with van der Waals surface area (Å²) in [7, 11) is 0. The monoisotopic (exact) mass is 371 g/mol. The van der Waals surface area contributed by atoms with E-state index in [2.05, 4.69) is 5.32 Å². The summed E-state index contributed by atoms with van der Waals surface area (Å²) < 4.78 is 5.23. The minimum Gasteiger partial charge on any atom is -0.445 e. The van der Waals surface area contributed by atoms with E-state index in [1.807, 2.05) is 74.5 Å². The second-order valence-corrected chi connectivity index (χ2v) is 7.06. The summed E-state index contributed by atoms with van der Waals surface area (Å²) in [5.74, 6) is -0.0596. The number of ether oxygens (including phenoxy) is 1. The van der Waals surface area contributed by atoms with Crippen LogP contribution >= 0.6 is 0 Å². The summed E-state index contributed by atoms with van der Waals surface area (Å²) in [5, 5.41) is 23.6. The highest BCUT2D eigenvalue weighted by molar-refractivity contribution is 5.67. The Hall–Kier alpha value is -2.37. The topological polar surface area (TPSA) is 78.8 Å². The van der Waals surface area contributed by atoms with Crippen molar-refractivity contribution in [2.75, 3.05) is 0 Å². The van der Waals surface area contributed by atoms with Gasteiger partial charge in [0.15, 0.2) is 0 Å². The van der Waals surface area contributed by atoms with Crippen molar-refractivity contribution in [2.24, 2.45) is 5.92 Å². The number of nitrogens with one attached hydrogen (secondary N) is 1. The molecule has 5 heteroatoms. The summed E-state index contributed by atoms with van der Waals surface area (Å²) >= 11 is 0. The molecule has 0 aliphatic carbocycles. The highest BCUT2D eigenvalue weighted by atomic mass is 16.5. The van der Waals surface area contributed by atoms with Crippen molar-refractivity contribution in [1.82, 2.24) is 5.32 Å². The quantitative estimate of drug-likeness (QED) is 0.632. The molecule has 0 spiro atoms. The van der Waals surface area contributed by atoms with Crippen LogP contribution in [0, 0.1) is 5.92 Å². The Morgan fingerprint density at radius 3 is 2.07 bits per heavy atom. The fourth-order valence-electron chi connectivity index (χ4n) is 2.92. The van der Waals surface area contributed by atoms with Crippen LogP contribution in [0.3, 0.4) is 0 Å². The second-order valence-electron chi connectivity index (χ2n) is 7.06. The average Bonchev–Trinajstić information content (AvgIpc) is 2.69. The van der Waals surface area contributed by atoms with Gasteiger partial charge in [0.05, 0.1) is 12.1 Å². The van der Waals surface area contributed by atoms with Crippen LogP contribution in [0.5, 0.6) is 0 Å². The number of carbonyl (C=O) groups excluding carboxylic acids is 1. The van der Waals surface area contributed by atoms with Crippen LogP contribution in [0.4, 0.5) is 4.79 Å². The van der Waals surface area contributed by atoms with Crippen LogP contribution in [0.25, 0.3) is 0 Å². The van der Waals surface area contributed by atoms with Gasteiger partial charge in [0.25, 0.3) is 0 Å². The van der Waals surface area contributed by atoms with E-state index in [1.54, 1.807) is 0 Å². The van der Waals surface area contributed by atoms with E-state index in [1.165, 1.54) is 0 Å². The lowest BCUT2D eigenvalue weighted by Crippen LogP contribution is -2.51. The molecule has 0 radical (unpaired) electrons. The Labute approximate surface area is 161 Å². The van der Waals surface area contributed by atoms with E-state index in [-0.39, 0.29) is 12.5 Å². The van der Waals surface area contributed by atoms with Gasteiger partial charge in [-0.2, -0.15) is 0 Å². The van der Waals surface area contributed by atoms with Gasteiger partial charge in [-0.25, -0.2) is 4.79 Å². The van der Waals surface area contributed by atoms with Crippen molar-refractivity contribution in [3.05, 3.63) is 71.8 Å². The largest absolute Gasteiger partial charge is 0.445 e. The van der Waals surface area contributed by atoms with Crippen molar-refractivity contribution in [3.63, 3.8) is 0 Å². The lowest BCUT2D eigenvalue weighted by atomic mass is 9.92. The molecule has 0 saturated carbocycles. The molecule has 0 heterocycles. The highest BCUT2D eigenvalue weighted by Gasteiger charge is 2.30. The molecule has 2 rings (SSSR count). The molecule has 2 aromatic rings. The van der Waals surface area contributed by atoms with E-state index in [0.717, 1.165) is 11.1 Å². The Balaban J connectivity index is 1.85. The Bertz CT molecular complexity index is 675. The second kappa shape index (κ2) is 10.7. The van der Waals surface area contributed by atoms with Gasteiger partial charge in [0.2, 0.25) is 0 Å². The van der Waals surface area contributed by atoms with Crippen molar-refractivity contribution in [1.29, 1.82) is 0 Å². The third kappa shape index (κ3) is 7.04. The zero-order chi connectivity index (χ0) is 19.6. The van der Waals surface area contributed by atoms with Crippen LogP contribution in [0.2, 0.25) is 0 Å². The number of alkyl carbamates (subject to hydrolysis) is 1. The number of aliphatic hydroxyl groups excluding tert-OH is 2. The number of hydrogen-bond donors (Lipinski definition) is 3. The fourth-order valence-corrected chi connectivity index (χ4v) is 2.92. The lowest BCUT2D eigenvalue weighted by molar-refractivity contribution is -0.0178. The van der Waals surface area contributed by atoms with Crippen molar-refractivity contribution in [3.8, 4) is 0 Å². The molecule has 0 unspecified atom stereocenters. The number of hydrogen-bond acceptors (Lipinski definition) is 4. The van der Waals surface area contributed by atoms with E-state index in [9.17, 15) is 15.0 Å². The molecular weight excluding hydrogens is 342 g/mol. The summed E-state index contributed by atoms with van der Waals surface area (Å²) in [6.07, 6.45) is -1.55. The Morgan fingerprint density at radius 2 is 1.52 bits per heavy atom. The molecule has 0 aliphatic heterocycles. The maximum Gasteiger partial charge on any atom is 0.407 e. The number of benzene rings is 2. The minimum absolute atomic E-state index is 0.0596. The first-order valence-corrected chi connectivity index (χ1v) is 9.34. The zero-order valence-corrected chi connectivity index (χ0v) is 15.9. The third-order valence-electron chi connectivity index (χ3n) is 4.55. The van der Waals surface area contributed by atoms with Crippen molar-refractivity contribution < 1.29 is 19.7 Å². The number of aryl methyl sites for hydroxylation is 1. The molecule has 0 saturated heterocycles. The van der Waals surface area contributed by atoms with Gasteiger partial charge in [0.1, 0.15) is 12.7 Å². The van der Waals surface area contributed by atoms with Crippen molar-refractivity contribution in [2.45, 2.75) is 51.5 Å². The molecule has 5 nitrogen and oxygen atoms in total. The van der Waals surface area contributed by atoms with Crippen LogP contribution in [-0.2, 0) is 17.8 Å². The number of amides is 1. The van der Waals surface area contributed by atoms with Gasteiger partial charge in [-0.1, -0.05) is 74.5 Å². The van der Waals surface area contributed by atoms with Gasteiger partial charge in [0, 0.05) is 0 Å². The molecule has 1 amide bonds. The van der Waals surface area contributed by atoms with Gasteiger partial charge in [-0.15, -0.1) is 0 Å². The first-order valence-electron chi connectivity index (χ1n) is 9.34. The number of carbonyl (C=O) groups is 1. The molecule has 3 atom stereocenters. The van der Waals surface area contributed by atoms with Gasteiger partial charge < -0.3 is 20.3 Å². The maximum atomic E-state index is 12.1. The standard InChI is InChI=1S/C22H29NO4/c1-16(2)20(23-22(26)27-15-18-11-7-4-8-12-18)21(25)19(24)14-13-17-9-5-3-6-10-17/h3-12,16,19-21,24-25H,13-15H2,1-2H3,(H,23,26)/t19-,20+,21+/m1/s1. The molecule has 27 heavy (non-hydrogen) atoms.